The molecule has 0 aliphatic rings. The number of amides is 1. The summed E-state index contributed by atoms with van der Waals surface area (Å²) < 4.78 is 37.7. The second-order valence-corrected chi connectivity index (χ2v) is 5.77. The van der Waals surface area contributed by atoms with E-state index in [2.05, 4.69) is 4.98 Å². The molecule has 25 heavy (non-hydrogen) atoms. The van der Waals surface area contributed by atoms with Crippen LogP contribution >= 0.6 is 0 Å². The molecule has 0 atom stereocenters. The first-order valence-electron chi connectivity index (χ1n) is 7.55. The molecule has 1 heterocycles. The van der Waals surface area contributed by atoms with E-state index in [4.69, 9.17) is 5.26 Å². The van der Waals surface area contributed by atoms with Crippen molar-refractivity contribution in [3.05, 3.63) is 65.0 Å². The lowest BCUT2D eigenvalue weighted by Crippen LogP contribution is -2.36. The molecule has 0 N–H and O–H groups in total. The molecule has 0 aliphatic heterocycles. The van der Waals surface area contributed by atoms with Gasteiger partial charge in [0.15, 0.2) is 0 Å². The van der Waals surface area contributed by atoms with Gasteiger partial charge in [-0.3, -0.25) is 9.78 Å². The summed E-state index contributed by atoms with van der Waals surface area (Å²) in [5, 5.41) is 8.81. The highest BCUT2D eigenvalue weighted by Gasteiger charge is 2.32. The molecule has 0 aliphatic carbocycles. The zero-order chi connectivity index (χ0) is 18.6. The molecule has 2 rings (SSSR count). The number of carbonyl (C=O) groups excluding carboxylic acids is 1. The average Bonchev–Trinajstić information content (AvgIpc) is 2.58. The molecule has 0 unspecified atom stereocenters. The smallest absolute Gasteiger partial charge is 0.332 e. The Morgan fingerprint density at radius 1 is 1.20 bits per heavy atom. The Labute approximate surface area is 143 Å². The van der Waals surface area contributed by atoms with Gasteiger partial charge in [-0.05, 0) is 43.7 Å². The van der Waals surface area contributed by atoms with Crippen molar-refractivity contribution in [1.29, 1.82) is 5.26 Å². The van der Waals surface area contributed by atoms with Crippen LogP contribution in [0.25, 0.3) is 0 Å². The van der Waals surface area contributed by atoms with Gasteiger partial charge in [0.05, 0.1) is 17.2 Å². The van der Waals surface area contributed by atoms with Crippen molar-refractivity contribution >= 4 is 5.91 Å². The number of pyridine rings is 1. The largest absolute Gasteiger partial charge is 0.433 e. The second-order valence-electron chi connectivity index (χ2n) is 5.77. The second kappa shape index (κ2) is 7.34. The number of nitrogens with zero attached hydrogens (tertiary/aromatic N) is 3. The van der Waals surface area contributed by atoms with Crippen LogP contribution in [0.4, 0.5) is 13.2 Å². The zero-order valence-electron chi connectivity index (χ0n) is 13.7. The number of benzene rings is 1. The van der Waals surface area contributed by atoms with Crippen LogP contribution < -0.4 is 0 Å². The predicted molar refractivity (Wildman–Crippen MR) is 85.4 cm³/mol. The van der Waals surface area contributed by atoms with Crippen LogP contribution in [0, 0.1) is 11.3 Å². The van der Waals surface area contributed by atoms with Gasteiger partial charge in [0.2, 0.25) is 0 Å². The van der Waals surface area contributed by atoms with Gasteiger partial charge in [0.1, 0.15) is 5.69 Å². The Morgan fingerprint density at radius 2 is 1.84 bits per heavy atom. The highest BCUT2D eigenvalue weighted by Crippen LogP contribution is 2.27. The molecule has 0 spiro atoms. The van der Waals surface area contributed by atoms with Gasteiger partial charge in [-0.2, -0.15) is 18.4 Å². The minimum atomic E-state index is -4.54. The van der Waals surface area contributed by atoms with Crippen LogP contribution in [0.3, 0.4) is 0 Å². The highest BCUT2D eigenvalue weighted by atomic mass is 19.4. The Morgan fingerprint density at radius 3 is 2.28 bits per heavy atom. The van der Waals surface area contributed by atoms with Gasteiger partial charge >= 0.3 is 6.18 Å². The summed E-state index contributed by atoms with van der Waals surface area (Å²) >= 11 is 0. The minimum Gasteiger partial charge on any atom is -0.332 e. The fraction of sp³-hybridized carbons (Fsp3) is 0.278. The maximum absolute atomic E-state index is 12.6. The van der Waals surface area contributed by atoms with E-state index in [9.17, 15) is 18.0 Å². The van der Waals surface area contributed by atoms with Gasteiger partial charge in [0, 0.05) is 18.8 Å². The monoisotopic (exact) mass is 347 g/mol. The van der Waals surface area contributed by atoms with Crippen LogP contribution in [0.15, 0.2) is 42.6 Å². The molecule has 1 aromatic carbocycles. The van der Waals surface area contributed by atoms with Gasteiger partial charge in [0.25, 0.3) is 5.91 Å². The minimum absolute atomic E-state index is 0.0929. The number of halogens is 3. The summed E-state index contributed by atoms with van der Waals surface area (Å²) in [5.74, 6) is -0.402. The van der Waals surface area contributed by atoms with Crippen molar-refractivity contribution in [2.24, 2.45) is 0 Å². The third kappa shape index (κ3) is 4.57. The van der Waals surface area contributed by atoms with Crippen molar-refractivity contribution in [1.82, 2.24) is 9.88 Å². The normalized spacial score (nSPS) is 11.2. The van der Waals surface area contributed by atoms with Crippen LogP contribution in [-0.4, -0.2) is 21.8 Å². The molecule has 4 nitrogen and oxygen atoms in total. The molecule has 0 fully saturated rings. The average molecular weight is 347 g/mol. The molecule has 0 saturated heterocycles. The summed E-state index contributed by atoms with van der Waals surface area (Å²) in [7, 11) is 0. The SMILES string of the molecule is CC(C)N(Cc1ccc(C#N)cc1)C(=O)c1ccc(C(F)(F)F)nc1. The van der Waals surface area contributed by atoms with Crippen LogP contribution in [-0.2, 0) is 12.7 Å². The van der Waals surface area contributed by atoms with Crippen molar-refractivity contribution in [3.8, 4) is 6.07 Å². The summed E-state index contributed by atoms with van der Waals surface area (Å²) in [6, 6.07) is 10.6. The number of nitriles is 1. The van der Waals surface area contributed by atoms with Crippen molar-refractivity contribution in [3.63, 3.8) is 0 Å². The summed E-state index contributed by atoms with van der Waals surface area (Å²) in [4.78, 5) is 17.5. The first kappa shape index (κ1) is 18.5. The lowest BCUT2D eigenvalue weighted by atomic mass is 10.1. The summed E-state index contributed by atoms with van der Waals surface area (Å²) in [6.45, 7) is 3.92. The van der Waals surface area contributed by atoms with Gasteiger partial charge in [-0.1, -0.05) is 12.1 Å². The lowest BCUT2D eigenvalue weighted by Gasteiger charge is -2.27. The fourth-order valence-electron chi connectivity index (χ4n) is 2.22. The standard InChI is InChI=1S/C18H16F3N3O/c1-12(2)24(11-14-5-3-13(9-22)4-6-14)17(25)15-7-8-16(23-10-15)18(19,20)21/h3-8,10,12H,11H2,1-2H3. The number of hydrogen-bond donors (Lipinski definition) is 0. The summed E-state index contributed by atoms with van der Waals surface area (Å²) in [5.41, 5.74) is 0.390. The van der Waals surface area contributed by atoms with E-state index in [0.29, 0.717) is 5.56 Å². The van der Waals surface area contributed by atoms with Crippen LogP contribution in [0.1, 0.15) is 41.0 Å². The summed E-state index contributed by atoms with van der Waals surface area (Å²) in [6.07, 6.45) is -3.60. The van der Waals surface area contributed by atoms with Crippen molar-refractivity contribution < 1.29 is 18.0 Å². The Hall–Kier alpha value is -2.88. The van der Waals surface area contributed by atoms with Crippen LogP contribution in [0.5, 0.6) is 0 Å². The first-order chi connectivity index (χ1) is 11.7. The Bertz CT molecular complexity index is 775. The molecule has 1 amide bonds. The van der Waals surface area contributed by atoms with Crippen LogP contribution in [0.2, 0.25) is 0 Å². The fourth-order valence-corrected chi connectivity index (χ4v) is 2.22. The number of rotatable bonds is 4. The molecule has 0 saturated carbocycles. The van der Waals surface area contributed by atoms with E-state index >= 15 is 0 Å². The number of hydrogen-bond acceptors (Lipinski definition) is 3. The Kier molecular flexibility index (Phi) is 5.42. The highest BCUT2D eigenvalue weighted by molar-refractivity contribution is 5.94. The predicted octanol–water partition coefficient (Wildman–Crippen LogP) is 4.02. The molecular formula is C18H16F3N3O. The topological polar surface area (TPSA) is 57.0 Å². The number of alkyl halides is 3. The van der Waals surface area contributed by atoms with E-state index in [1.807, 2.05) is 19.9 Å². The van der Waals surface area contributed by atoms with Gasteiger partial charge < -0.3 is 4.90 Å². The van der Waals surface area contributed by atoms with Gasteiger partial charge in [-0.15, -0.1) is 0 Å². The molecule has 130 valence electrons. The third-order valence-electron chi connectivity index (χ3n) is 3.62. The lowest BCUT2D eigenvalue weighted by molar-refractivity contribution is -0.141. The molecule has 1 aromatic heterocycles. The zero-order valence-corrected chi connectivity index (χ0v) is 13.7. The molecule has 0 radical (unpaired) electrons. The first-order valence-corrected chi connectivity index (χ1v) is 7.55. The van der Waals surface area contributed by atoms with E-state index in [1.165, 1.54) is 4.90 Å². The van der Waals surface area contributed by atoms with E-state index in [1.54, 1.807) is 24.3 Å². The van der Waals surface area contributed by atoms with Crippen molar-refractivity contribution in [2.45, 2.75) is 32.6 Å². The molecule has 2 aromatic rings. The van der Waals surface area contributed by atoms with E-state index in [-0.39, 0.29) is 18.2 Å². The van der Waals surface area contributed by atoms with Gasteiger partial charge in [-0.25, -0.2) is 0 Å². The molecular weight excluding hydrogens is 331 g/mol. The third-order valence-corrected chi connectivity index (χ3v) is 3.62. The molecule has 0 bridgehead atoms. The number of aromatic nitrogens is 1. The van der Waals surface area contributed by atoms with E-state index < -0.39 is 17.8 Å². The van der Waals surface area contributed by atoms with E-state index in [0.717, 1.165) is 23.9 Å². The maximum Gasteiger partial charge on any atom is 0.433 e. The van der Waals surface area contributed by atoms with Crippen molar-refractivity contribution in [2.75, 3.05) is 0 Å². The molecule has 7 heteroatoms. The maximum atomic E-state index is 12.6. The number of carbonyl (C=O) groups is 1. The Balaban J connectivity index is 2.21. The quantitative estimate of drug-likeness (QED) is 0.839.